The van der Waals surface area contributed by atoms with E-state index in [2.05, 4.69) is 56.7 Å². The zero-order chi connectivity index (χ0) is 40.9. The quantitative estimate of drug-likeness (QED) is 0.112. The van der Waals surface area contributed by atoms with Gasteiger partial charge in [0, 0.05) is 6.92 Å². The smallest absolute Gasteiger partial charge is 0.231 e. The molecular formula is C50H43N5O5. The third kappa shape index (κ3) is 7.16. The summed E-state index contributed by atoms with van der Waals surface area (Å²) in [7, 11) is 0. The molecule has 298 valence electrons. The summed E-state index contributed by atoms with van der Waals surface area (Å²) in [6.45, 7) is 1.36. The fourth-order valence-electron chi connectivity index (χ4n) is 8.34. The number of hydrogen-bond acceptors (Lipinski definition) is 8. The normalized spacial score (nSPS) is 18.0. The van der Waals surface area contributed by atoms with Gasteiger partial charge in [-0.1, -0.05) is 182 Å². The van der Waals surface area contributed by atoms with Gasteiger partial charge in [0.15, 0.2) is 11.9 Å². The van der Waals surface area contributed by atoms with Crippen molar-refractivity contribution in [3.8, 4) is 0 Å². The predicted molar refractivity (Wildman–Crippen MR) is 229 cm³/mol. The summed E-state index contributed by atoms with van der Waals surface area (Å²) in [5.41, 5.74) is 3.87. The number of hydrogen-bond donors (Lipinski definition) is 2. The summed E-state index contributed by atoms with van der Waals surface area (Å²) >= 11 is 0. The van der Waals surface area contributed by atoms with E-state index in [-0.39, 0.29) is 18.5 Å². The number of benzene rings is 6. The minimum atomic E-state index is -1.24. The molecule has 0 saturated carbocycles. The van der Waals surface area contributed by atoms with Crippen molar-refractivity contribution in [3.05, 3.63) is 228 Å². The van der Waals surface area contributed by atoms with Crippen molar-refractivity contribution < 1.29 is 24.1 Å². The number of rotatable bonds is 13. The molecule has 1 amide bonds. The second kappa shape index (κ2) is 16.8. The maximum absolute atomic E-state index is 12.8. The molecule has 0 unspecified atom stereocenters. The van der Waals surface area contributed by atoms with Crippen LogP contribution in [0.4, 0.5) is 5.95 Å². The average molecular weight is 794 g/mol. The Morgan fingerprint density at radius 2 is 1.07 bits per heavy atom. The van der Waals surface area contributed by atoms with Crippen LogP contribution in [0.3, 0.4) is 0 Å². The highest BCUT2D eigenvalue weighted by Gasteiger charge is 2.52. The van der Waals surface area contributed by atoms with Crippen LogP contribution < -0.4 is 5.32 Å². The zero-order valence-corrected chi connectivity index (χ0v) is 32.9. The van der Waals surface area contributed by atoms with Gasteiger partial charge in [-0.2, -0.15) is 4.98 Å². The fraction of sp³-hybridized carbons (Fsp3) is 0.160. The van der Waals surface area contributed by atoms with Gasteiger partial charge in [0.1, 0.15) is 35.0 Å². The van der Waals surface area contributed by atoms with Crippen molar-refractivity contribution in [2.75, 3.05) is 11.9 Å². The first-order valence-electron chi connectivity index (χ1n) is 19.9. The Balaban J connectivity index is 1.19. The molecule has 0 spiro atoms. The van der Waals surface area contributed by atoms with Crippen LogP contribution in [0, 0.1) is 0 Å². The summed E-state index contributed by atoms with van der Waals surface area (Å²) in [5, 5.41) is 15.5. The molecule has 10 nitrogen and oxygen atoms in total. The van der Waals surface area contributed by atoms with E-state index in [1.807, 2.05) is 146 Å². The third-order valence-corrected chi connectivity index (χ3v) is 11.0. The van der Waals surface area contributed by atoms with Gasteiger partial charge in [-0.25, -0.2) is 9.97 Å². The van der Waals surface area contributed by atoms with E-state index in [9.17, 15) is 9.90 Å². The lowest BCUT2D eigenvalue weighted by Gasteiger charge is -2.40. The number of nitrogens with zero attached hydrogens (tertiary/aromatic N) is 4. The topological polar surface area (TPSA) is 121 Å². The Hall–Kier alpha value is -6.82. The van der Waals surface area contributed by atoms with Gasteiger partial charge in [-0.15, -0.1) is 0 Å². The Morgan fingerprint density at radius 1 is 0.650 bits per heavy atom. The molecule has 0 bridgehead atoms. The molecule has 1 saturated heterocycles. The Bertz CT molecular complexity index is 2460. The van der Waals surface area contributed by atoms with Crippen molar-refractivity contribution in [2.45, 2.75) is 42.7 Å². The summed E-state index contributed by atoms with van der Waals surface area (Å²) in [6, 6.07) is 60.2. The second-order valence-electron chi connectivity index (χ2n) is 14.7. The molecule has 9 rings (SSSR count). The van der Waals surface area contributed by atoms with Crippen molar-refractivity contribution in [1.29, 1.82) is 0 Å². The molecule has 0 radical (unpaired) electrons. The van der Waals surface area contributed by atoms with Crippen LogP contribution >= 0.6 is 0 Å². The molecule has 4 atom stereocenters. The van der Waals surface area contributed by atoms with Crippen molar-refractivity contribution in [3.63, 3.8) is 0 Å². The summed E-state index contributed by atoms with van der Waals surface area (Å²) in [4.78, 5) is 25.7. The summed E-state index contributed by atoms with van der Waals surface area (Å²) in [6.07, 6.45) is -1.01. The molecule has 60 heavy (non-hydrogen) atoms. The van der Waals surface area contributed by atoms with Crippen LogP contribution in [0.5, 0.6) is 0 Å². The zero-order valence-electron chi connectivity index (χ0n) is 32.9. The van der Waals surface area contributed by atoms with E-state index in [0.717, 1.165) is 33.4 Å². The van der Waals surface area contributed by atoms with Crippen molar-refractivity contribution in [1.82, 2.24) is 19.5 Å². The first kappa shape index (κ1) is 38.7. The number of nitrogens with one attached hydrogen (secondary N) is 1. The van der Waals surface area contributed by atoms with Crippen LogP contribution in [-0.2, 0) is 30.2 Å². The van der Waals surface area contributed by atoms with Gasteiger partial charge in [0.05, 0.1) is 19.1 Å². The molecule has 0 aliphatic carbocycles. The SMILES string of the molecule is CC(=O)Nc1ncc2ncn([C@@H]3O[C@H](COC(c4ccccc4)(c4ccccc4)c4ccccc4)[C@@H](O)[C@H]3OC(c3ccccc3)(c3ccccc3)c3ccccc3)c2n1. The molecular weight excluding hydrogens is 751 g/mol. The average Bonchev–Trinajstić information content (AvgIpc) is 3.86. The summed E-state index contributed by atoms with van der Waals surface area (Å²) < 4.78 is 23.6. The molecule has 2 aromatic heterocycles. The number of carbonyl (C=O) groups is 1. The number of ether oxygens (including phenoxy) is 3. The minimum Gasteiger partial charge on any atom is -0.387 e. The van der Waals surface area contributed by atoms with E-state index < -0.39 is 35.7 Å². The molecule has 1 aliphatic heterocycles. The maximum atomic E-state index is 12.8. The molecule has 2 N–H and O–H groups in total. The molecule has 1 aliphatic rings. The standard InChI is InChI=1S/C50H43N5O5/c1-35(56)53-48-51-32-42-46(54-48)55(34-52-42)47-45(60-50(39-26-14-5-15-27-39,40-28-16-6-17-29-40)41-30-18-7-19-31-41)44(57)43(59-47)33-58-49(36-20-8-2-9-21-36,37-22-10-3-11-23-37)38-24-12-4-13-25-38/h2-32,34,43-45,47,57H,33H2,1H3,(H,51,53,54,56)/t43-,44-,45-,47-/m1/s1. The van der Waals surface area contributed by atoms with Crippen LogP contribution in [0.1, 0.15) is 46.5 Å². The minimum absolute atomic E-state index is 0.0377. The van der Waals surface area contributed by atoms with Gasteiger partial charge in [0.25, 0.3) is 0 Å². The highest BCUT2D eigenvalue weighted by molar-refractivity contribution is 5.87. The van der Waals surface area contributed by atoms with Gasteiger partial charge < -0.3 is 19.3 Å². The number of carbonyl (C=O) groups excluding carboxylic acids is 1. The first-order chi connectivity index (χ1) is 29.5. The van der Waals surface area contributed by atoms with E-state index in [0.29, 0.717) is 11.2 Å². The number of aromatic nitrogens is 4. The monoisotopic (exact) mass is 793 g/mol. The number of amides is 1. The van der Waals surface area contributed by atoms with Crippen molar-refractivity contribution in [2.24, 2.45) is 0 Å². The van der Waals surface area contributed by atoms with Crippen LogP contribution in [-0.4, -0.2) is 55.5 Å². The molecule has 3 heterocycles. The lowest BCUT2D eigenvalue weighted by molar-refractivity contribution is -0.122. The maximum Gasteiger partial charge on any atom is 0.231 e. The lowest BCUT2D eigenvalue weighted by Crippen LogP contribution is -2.45. The van der Waals surface area contributed by atoms with Gasteiger partial charge in [0.2, 0.25) is 11.9 Å². The van der Waals surface area contributed by atoms with E-state index in [1.54, 1.807) is 17.1 Å². The van der Waals surface area contributed by atoms with Crippen LogP contribution in [0.25, 0.3) is 11.2 Å². The predicted octanol–water partition coefficient (Wildman–Crippen LogP) is 8.43. The lowest BCUT2D eigenvalue weighted by atomic mass is 9.79. The van der Waals surface area contributed by atoms with Gasteiger partial charge in [-0.05, 0) is 33.4 Å². The molecule has 1 fully saturated rings. The fourth-order valence-corrected chi connectivity index (χ4v) is 8.34. The largest absolute Gasteiger partial charge is 0.387 e. The first-order valence-corrected chi connectivity index (χ1v) is 19.9. The van der Waals surface area contributed by atoms with Crippen LogP contribution in [0.15, 0.2) is 195 Å². The molecule has 6 aromatic carbocycles. The van der Waals surface area contributed by atoms with Crippen molar-refractivity contribution >= 4 is 23.0 Å². The van der Waals surface area contributed by atoms with Crippen LogP contribution in [0.2, 0.25) is 0 Å². The highest BCUT2D eigenvalue weighted by atomic mass is 16.6. The molecule has 10 heteroatoms. The number of anilines is 1. The number of fused-ring (bicyclic) bond motifs is 1. The summed E-state index contributed by atoms with van der Waals surface area (Å²) in [5.74, 6) is -0.207. The number of aliphatic hydroxyl groups excluding tert-OH is 1. The highest BCUT2D eigenvalue weighted by Crippen LogP contribution is 2.47. The number of imidazole rings is 1. The number of aliphatic hydroxyl groups is 1. The third-order valence-electron chi connectivity index (χ3n) is 11.0. The van der Waals surface area contributed by atoms with Gasteiger partial charge >= 0.3 is 0 Å². The van der Waals surface area contributed by atoms with E-state index in [1.165, 1.54) is 6.92 Å². The van der Waals surface area contributed by atoms with E-state index in [4.69, 9.17) is 14.2 Å². The van der Waals surface area contributed by atoms with E-state index >= 15 is 0 Å². The molecule has 8 aromatic rings. The Labute approximate surface area is 348 Å². The van der Waals surface area contributed by atoms with Gasteiger partial charge in [-0.3, -0.25) is 14.7 Å². The Morgan fingerprint density at radius 3 is 1.48 bits per heavy atom. The Kier molecular flexibility index (Phi) is 10.8. The second-order valence-corrected chi connectivity index (χ2v) is 14.7.